The molecule has 0 radical (unpaired) electrons. The summed E-state index contributed by atoms with van der Waals surface area (Å²) in [7, 11) is 0. The van der Waals surface area contributed by atoms with E-state index in [1.807, 2.05) is 0 Å². The predicted molar refractivity (Wildman–Crippen MR) is 93.3 cm³/mol. The lowest BCUT2D eigenvalue weighted by atomic mass is 10.2. The molecule has 122 valence electrons. The topological polar surface area (TPSA) is 71.1 Å². The van der Waals surface area contributed by atoms with Crippen LogP contribution < -0.4 is 10.6 Å². The zero-order valence-electron chi connectivity index (χ0n) is 12.4. The van der Waals surface area contributed by atoms with Crippen LogP contribution in [0.3, 0.4) is 0 Å². The van der Waals surface area contributed by atoms with E-state index in [1.165, 1.54) is 30.4 Å². The van der Waals surface area contributed by atoms with Gasteiger partial charge in [-0.1, -0.05) is 22.9 Å². The first kappa shape index (κ1) is 16.4. The third kappa shape index (κ3) is 3.52. The number of anilines is 2. The number of hydrogen-bond donors (Lipinski definition) is 2. The molecular weight excluding hydrogens is 353 g/mol. The van der Waals surface area contributed by atoms with Crippen molar-refractivity contribution >= 4 is 55.8 Å². The van der Waals surface area contributed by atoms with Gasteiger partial charge in [0.25, 0.3) is 5.91 Å². The summed E-state index contributed by atoms with van der Waals surface area (Å²) in [5.74, 6) is -1.15. The highest BCUT2D eigenvalue weighted by Gasteiger charge is 2.14. The van der Waals surface area contributed by atoms with Gasteiger partial charge in [-0.15, -0.1) is 0 Å². The lowest BCUT2D eigenvalue weighted by Gasteiger charge is -2.03. The molecule has 5 nitrogen and oxygen atoms in total. The average molecular weight is 364 g/mol. The minimum atomic E-state index is -0.512. The number of aromatic nitrogens is 1. The summed E-state index contributed by atoms with van der Waals surface area (Å²) in [6, 6.07) is 8.81. The molecular formula is C16H11ClFN3O2S. The van der Waals surface area contributed by atoms with E-state index >= 15 is 0 Å². The summed E-state index contributed by atoms with van der Waals surface area (Å²) in [5.41, 5.74) is 1.50. The number of rotatable bonds is 3. The third-order valence-corrected chi connectivity index (χ3v) is 4.35. The lowest BCUT2D eigenvalue weighted by Crippen LogP contribution is -2.12. The predicted octanol–water partition coefficient (Wildman–Crippen LogP) is 4.30. The molecule has 0 bridgehead atoms. The van der Waals surface area contributed by atoms with Crippen LogP contribution in [0.2, 0.25) is 5.02 Å². The molecule has 1 heterocycles. The van der Waals surface area contributed by atoms with Gasteiger partial charge in [-0.3, -0.25) is 14.9 Å². The Hall–Kier alpha value is -2.51. The van der Waals surface area contributed by atoms with E-state index < -0.39 is 11.7 Å². The number of nitrogens with one attached hydrogen (secondary N) is 2. The number of benzene rings is 2. The number of carbonyl (C=O) groups is 2. The maximum Gasteiger partial charge on any atom is 0.258 e. The first-order valence-corrected chi connectivity index (χ1v) is 8.06. The van der Waals surface area contributed by atoms with Gasteiger partial charge in [0, 0.05) is 12.6 Å². The average Bonchev–Trinajstić information content (AvgIpc) is 2.87. The number of halogens is 2. The van der Waals surface area contributed by atoms with E-state index in [-0.39, 0.29) is 16.5 Å². The molecule has 2 amide bonds. The maximum atomic E-state index is 13.0. The van der Waals surface area contributed by atoms with Gasteiger partial charge in [-0.25, -0.2) is 9.37 Å². The molecule has 0 aliphatic heterocycles. The van der Waals surface area contributed by atoms with Gasteiger partial charge in [-0.2, -0.15) is 0 Å². The fraction of sp³-hybridized carbons (Fsp3) is 0.0625. The molecule has 1 aromatic heterocycles. The van der Waals surface area contributed by atoms with Crippen molar-refractivity contribution in [3.8, 4) is 0 Å². The Kier molecular flexibility index (Phi) is 4.46. The summed E-state index contributed by atoms with van der Waals surface area (Å²) in [5, 5.41) is 5.74. The minimum absolute atomic E-state index is 0.0292. The molecule has 0 unspecified atom stereocenters. The van der Waals surface area contributed by atoms with Gasteiger partial charge in [0.05, 0.1) is 20.8 Å². The van der Waals surface area contributed by atoms with Crippen LogP contribution in [0.1, 0.15) is 17.3 Å². The third-order valence-electron chi connectivity index (χ3n) is 3.11. The van der Waals surface area contributed by atoms with Crippen LogP contribution in [0.4, 0.5) is 15.2 Å². The van der Waals surface area contributed by atoms with Gasteiger partial charge in [0.1, 0.15) is 5.82 Å². The van der Waals surface area contributed by atoms with Crippen molar-refractivity contribution in [3.05, 3.63) is 52.8 Å². The number of hydrogen-bond acceptors (Lipinski definition) is 4. The Morgan fingerprint density at radius 1 is 1.17 bits per heavy atom. The van der Waals surface area contributed by atoms with Crippen molar-refractivity contribution < 1.29 is 14.0 Å². The van der Waals surface area contributed by atoms with Crippen molar-refractivity contribution in [2.75, 3.05) is 10.6 Å². The number of nitrogens with zero attached hydrogens (tertiary/aromatic N) is 1. The standard InChI is InChI=1S/C16H11ClFN3O2S/c1-8(22)19-10-3-5-13-14(7-10)24-16(20-13)21-15(23)11-4-2-9(18)6-12(11)17/h2-7H,1H3,(H,19,22)(H,20,21,23). The molecule has 2 aromatic carbocycles. The minimum Gasteiger partial charge on any atom is -0.326 e. The van der Waals surface area contributed by atoms with Crippen LogP contribution in [0.15, 0.2) is 36.4 Å². The number of fused-ring (bicyclic) bond motifs is 1. The van der Waals surface area contributed by atoms with Gasteiger partial charge in [0.2, 0.25) is 5.91 Å². The maximum absolute atomic E-state index is 13.0. The van der Waals surface area contributed by atoms with Crippen LogP contribution in [-0.4, -0.2) is 16.8 Å². The highest BCUT2D eigenvalue weighted by molar-refractivity contribution is 7.22. The Bertz CT molecular complexity index is 958. The van der Waals surface area contributed by atoms with Crippen molar-refractivity contribution in [3.63, 3.8) is 0 Å². The van der Waals surface area contributed by atoms with E-state index in [4.69, 9.17) is 11.6 Å². The largest absolute Gasteiger partial charge is 0.326 e. The van der Waals surface area contributed by atoms with Crippen LogP contribution in [0, 0.1) is 5.82 Å². The second kappa shape index (κ2) is 6.54. The quantitative estimate of drug-likeness (QED) is 0.728. The second-order valence-corrected chi connectivity index (χ2v) is 6.40. The van der Waals surface area contributed by atoms with E-state index in [1.54, 1.807) is 18.2 Å². The van der Waals surface area contributed by atoms with Gasteiger partial charge in [-0.05, 0) is 36.4 Å². The zero-order valence-corrected chi connectivity index (χ0v) is 14.0. The van der Waals surface area contributed by atoms with E-state index in [0.29, 0.717) is 16.3 Å². The summed E-state index contributed by atoms with van der Waals surface area (Å²) < 4.78 is 13.9. The van der Waals surface area contributed by atoms with Crippen LogP contribution >= 0.6 is 22.9 Å². The molecule has 0 spiro atoms. The van der Waals surface area contributed by atoms with Crippen LogP contribution in [-0.2, 0) is 4.79 Å². The normalized spacial score (nSPS) is 10.6. The molecule has 3 aromatic rings. The molecule has 24 heavy (non-hydrogen) atoms. The fourth-order valence-electron chi connectivity index (χ4n) is 2.10. The first-order valence-electron chi connectivity index (χ1n) is 6.87. The molecule has 2 N–H and O–H groups in total. The van der Waals surface area contributed by atoms with E-state index in [0.717, 1.165) is 10.8 Å². The van der Waals surface area contributed by atoms with Gasteiger partial charge in [0.15, 0.2) is 5.13 Å². The molecule has 3 rings (SSSR count). The van der Waals surface area contributed by atoms with Crippen LogP contribution in [0.25, 0.3) is 10.2 Å². The van der Waals surface area contributed by atoms with Gasteiger partial charge >= 0.3 is 0 Å². The highest BCUT2D eigenvalue weighted by atomic mass is 35.5. The highest BCUT2D eigenvalue weighted by Crippen LogP contribution is 2.29. The molecule has 0 atom stereocenters. The summed E-state index contributed by atoms with van der Waals surface area (Å²) in [6.45, 7) is 1.43. The Morgan fingerprint density at radius 3 is 2.67 bits per heavy atom. The van der Waals surface area contributed by atoms with Crippen LogP contribution in [0.5, 0.6) is 0 Å². The Morgan fingerprint density at radius 2 is 1.96 bits per heavy atom. The Labute approximate surface area is 145 Å². The van der Waals surface area contributed by atoms with Crippen molar-refractivity contribution in [1.82, 2.24) is 4.98 Å². The zero-order chi connectivity index (χ0) is 17.3. The molecule has 0 saturated heterocycles. The molecule has 0 aliphatic carbocycles. The monoisotopic (exact) mass is 363 g/mol. The summed E-state index contributed by atoms with van der Waals surface area (Å²) in [6.07, 6.45) is 0. The SMILES string of the molecule is CC(=O)Nc1ccc2nc(NC(=O)c3ccc(F)cc3Cl)sc2c1. The molecule has 0 aliphatic rings. The van der Waals surface area contributed by atoms with E-state index in [9.17, 15) is 14.0 Å². The number of carbonyl (C=O) groups excluding carboxylic acids is 2. The molecule has 0 saturated carbocycles. The summed E-state index contributed by atoms with van der Waals surface area (Å²) in [4.78, 5) is 27.6. The van der Waals surface area contributed by atoms with E-state index in [2.05, 4.69) is 15.6 Å². The lowest BCUT2D eigenvalue weighted by molar-refractivity contribution is -0.114. The second-order valence-electron chi connectivity index (χ2n) is 4.96. The van der Waals surface area contributed by atoms with Crippen molar-refractivity contribution in [2.45, 2.75) is 6.92 Å². The fourth-order valence-corrected chi connectivity index (χ4v) is 3.25. The van der Waals surface area contributed by atoms with Gasteiger partial charge < -0.3 is 5.32 Å². The first-order chi connectivity index (χ1) is 11.4. The van der Waals surface area contributed by atoms with Crippen molar-refractivity contribution in [2.24, 2.45) is 0 Å². The molecule has 8 heteroatoms. The summed E-state index contributed by atoms with van der Waals surface area (Å²) >= 11 is 7.14. The number of thiazole rings is 1. The Balaban J connectivity index is 1.84. The molecule has 0 fully saturated rings. The smallest absolute Gasteiger partial charge is 0.258 e. The number of amides is 2. The van der Waals surface area contributed by atoms with Crippen molar-refractivity contribution in [1.29, 1.82) is 0 Å².